The van der Waals surface area contributed by atoms with Crippen LogP contribution in [0.25, 0.3) is 0 Å². The van der Waals surface area contributed by atoms with Gasteiger partial charge in [0.25, 0.3) is 5.88 Å². The molecule has 4 nitrogen and oxygen atoms in total. The van der Waals surface area contributed by atoms with E-state index in [0.717, 1.165) is 6.07 Å². The van der Waals surface area contributed by atoms with Crippen molar-refractivity contribution in [1.82, 2.24) is 4.98 Å². The number of ether oxygens (including phenoxy) is 1. The molecule has 0 atom stereocenters. The van der Waals surface area contributed by atoms with Gasteiger partial charge in [-0.3, -0.25) is 0 Å². The monoisotopic (exact) mass is 367 g/mol. The minimum Gasteiger partial charge on any atom is -0.435 e. The van der Waals surface area contributed by atoms with Crippen LogP contribution in [-0.4, -0.2) is 4.98 Å². The van der Waals surface area contributed by atoms with E-state index in [1.807, 2.05) is 5.43 Å². The zero-order chi connectivity index (χ0) is 14.9. The van der Waals surface area contributed by atoms with Crippen LogP contribution in [0.2, 0.25) is 5.02 Å². The summed E-state index contributed by atoms with van der Waals surface area (Å²) in [5.74, 6) is 1.15. The summed E-state index contributed by atoms with van der Waals surface area (Å²) in [4.78, 5) is 3.49. The van der Waals surface area contributed by atoms with Crippen molar-refractivity contribution in [3.8, 4) is 11.6 Å². The fourth-order valence-corrected chi connectivity index (χ4v) is 2.03. The molecule has 0 fully saturated rings. The van der Waals surface area contributed by atoms with Crippen molar-refractivity contribution in [2.24, 2.45) is 5.84 Å². The summed E-state index contributed by atoms with van der Waals surface area (Å²) in [5, 5.41) is -0.138. The van der Waals surface area contributed by atoms with Crippen molar-refractivity contribution in [1.29, 1.82) is 0 Å². The summed E-state index contributed by atoms with van der Waals surface area (Å²) in [6.07, 6.45) is 0. The van der Waals surface area contributed by atoms with Crippen molar-refractivity contribution in [3.05, 3.63) is 45.1 Å². The molecule has 0 amide bonds. The lowest BCUT2D eigenvalue weighted by Gasteiger charge is -2.10. The number of nitrogens with two attached hydrogens (primary N) is 1. The van der Waals surface area contributed by atoms with Gasteiger partial charge in [0.15, 0.2) is 17.5 Å². The van der Waals surface area contributed by atoms with E-state index >= 15 is 0 Å². The van der Waals surface area contributed by atoms with Crippen LogP contribution < -0.4 is 16.0 Å². The third-order valence-corrected chi connectivity index (χ3v) is 3.12. The number of halogens is 5. The average Bonchev–Trinajstić information content (AvgIpc) is 2.38. The number of hydrogen-bond donors (Lipinski definition) is 2. The molecule has 0 unspecified atom stereocenters. The number of nitrogens with one attached hydrogen (secondary N) is 1. The maximum Gasteiger partial charge on any atom is 0.258 e. The Morgan fingerprint density at radius 1 is 1.15 bits per heavy atom. The summed E-state index contributed by atoms with van der Waals surface area (Å²) in [7, 11) is 0. The summed E-state index contributed by atoms with van der Waals surface area (Å²) in [6, 6.07) is 2.71. The highest BCUT2D eigenvalue weighted by Gasteiger charge is 2.16. The van der Waals surface area contributed by atoms with Crippen LogP contribution in [0.15, 0.2) is 22.7 Å². The Morgan fingerprint density at radius 3 is 2.50 bits per heavy atom. The molecule has 106 valence electrons. The van der Waals surface area contributed by atoms with Gasteiger partial charge in [-0.2, -0.15) is 4.98 Å². The van der Waals surface area contributed by atoms with Crippen LogP contribution in [0, 0.1) is 17.5 Å². The predicted octanol–water partition coefficient (Wildman–Crippen LogP) is 3.99. The van der Waals surface area contributed by atoms with Gasteiger partial charge in [0.2, 0.25) is 0 Å². The fraction of sp³-hybridized carbons (Fsp3) is 0. The Labute approximate surface area is 124 Å². The van der Waals surface area contributed by atoms with Crippen molar-refractivity contribution in [2.45, 2.75) is 0 Å². The highest BCUT2D eigenvalue weighted by Crippen LogP contribution is 2.34. The molecular formula is C11H6BrClF3N3O. The molecule has 2 rings (SSSR count). The molecule has 0 aliphatic heterocycles. The molecule has 1 aromatic carbocycles. The van der Waals surface area contributed by atoms with Crippen LogP contribution >= 0.6 is 27.5 Å². The normalized spacial score (nSPS) is 10.5. The maximum atomic E-state index is 13.5. The average molecular weight is 369 g/mol. The Balaban J connectivity index is 2.42. The van der Waals surface area contributed by atoms with Crippen LogP contribution in [0.1, 0.15) is 0 Å². The minimum absolute atomic E-state index is 0.0760. The van der Waals surface area contributed by atoms with Gasteiger partial charge < -0.3 is 10.2 Å². The summed E-state index contributed by atoms with van der Waals surface area (Å²) >= 11 is 8.63. The van der Waals surface area contributed by atoms with Crippen LogP contribution in [0.3, 0.4) is 0 Å². The van der Waals surface area contributed by atoms with E-state index in [2.05, 4.69) is 20.9 Å². The Bertz CT molecular complexity index is 672. The van der Waals surface area contributed by atoms with Gasteiger partial charge in [-0.1, -0.05) is 11.6 Å². The van der Waals surface area contributed by atoms with Crippen molar-refractivity contribution in [3.63, 3.8) is 0 Å². The lowest BCUT2D eigenvalue weighted by atomic mass is 10.3. The van der Waals surface area contributed by atoms with E-state index in [4.69, 9.17) is 22.2 Å². The molecule has 1 aromatic heterocycles. The number of rotatable bonds is 3. The van der Waals surface area contributed by atoms with Crippen LogP contribution in [0.5, 0.6) is 11.6 Å². The third kappa shape index (κ3) is 2.97. The molecular weight excluding hydrogens is 362 g/mol. The number of aromatic nitrogens is 1. The van der Waals surface area contributed by atoms with Crippen molar-refractivity contribution >= 4 is 33.3 Å². The molecule has 0 saturated carbocycles. The summed E-state index contributed by atoms with van der Waals surface area (Å²) in [6.45, 7) is 0. The molecule has 0 bridgehead atoms. The molecule has 9 heteroatoms. The first-order valence-electron chi connectivity index (χ1n) is 5.07. The van der Waals surface area contributed by atoms with E-state index < -0.39 is 29.1 Å². The SMILES string of the molecule is NNc1nc(Oc2cc(F)c(Cl)cc2Br)c(F)cc1F. The van der Waals surface area contributed by atoms with Gasteiger partial charge in [-0.05, 0) is 22.0 Å². The van der Waals surface area contributed by atoms with E-state index in [9.17, 15) is 13.2 Å². The number of hydrazine groups is 1. The molecule has 0 spiro atoms. The number of pyridine rings is 1. The summed E-state index contributed by atoms with van der Waals surface area (Å²) < 4.78 is 45.4. The number of benzene rings is 1. The maximum absolute atomic E-state index is 13.5. The van der Waals surface area contributed by atoms with Gasteiger partial charge >= 0.3 is 0 Å². The molecule has 0 aliphatic carbocycles. The molecule has 0 radical (unpaired) electrons. The zero-order valence-corrected chi connectivity index (χ0v) is 11.9. The molecule has 1 heterocycles. The summed E-state index contributed by atoms with van der Waals surface area (Å²) in [5.41, 5.74) is 1.94. The van der Waals surface area contributed by atoms with E-state index in [-0.39, 0.29) is 15.2 Å². The second-order valence-electron chi connectivity index (χ2n) is 3.55. The van der Waals surface area contributed by atoms with E-state index in [0.29, 0.717) is 6.07 Å². The molecule has 2 aromatic rings. The lowest BCUT2D eigenvalue weighted by Crippen LogP contribution is -2.11. The molecule has 3 N–H and O–H groups in total. The van der Waals surface area contributed by atoms with Crippen molar-refractivity contribution < 1.29 is 17.9 Å². The first kappa shape index (κ1) is 14.9. The van der Waals surface area contributed by atoms with Gasteiger partial charge in [0, 0.05) is 12.1 Å². The second kappa shape index (κ2) is 5.86. The topological polar surface area (TPSA) is 60.2 Å². The van der Waals surface area contributed by atoms with Gasteiger partial charge in [-0.25, -0.2) is 19.0 Å². The first-order valence-corrected chi connectivity index (χ1v) is 6.24. The predicted molar refractivity (Wildman–Crippen MR) is 71.1 cm³/mol. The standard InChI is InChI=1S/C11H6BrClF3N3O/c12-4-1-5(13)6(14)3-9(4)20-11-8(16)2-7(15)10(18-11)19-17/h1-3H,17H2,(H,18,19). The van der Waals surface area contributed by atoms with E-state index in [1.165, 1.54) is 6.07 Å². The minimum atomic E-state index is -1.07. The van der Waals surface area contributed by atoms with Crippen LogP contribution in [-0.2, 0) is 0 Å². The number of nitrogens with zero attached hydrogens (tertiary/aromatic N) is 1. The number of anilines is 1. The third-order valence-electron chi connectivity index (χ3n) is 2.22. The zero-order valence-electron chi connectivity index (χ0n) is 9.55. The quantitative estimate of drug-likeness (QED) is 0.488. The highest BCUT2D eigenvalue weighted by atomic mass is 79.9. The number of hydrogen-bond acceptors (Lipinski definition) is 4. The molecule has 0 aliphatic rings. The smallest absolute Gasteiger partial charge is 0.258 e. The molecule has 0 saturated heterocycles. The number of nitrogen functional groups attached to an aromatic ring is 1. The Hall–Kier alpha value is -1.51. The van der Waals surface area contributed by atoms with E-state index in [1.54, 1.807) is 0 Å². The fourth-order valence-electron chi connectivity index (χ4n) is 1.31. The largest absolute Gasteiger partial charge is 0.435 e. The van der Waals surface area contributed by atoms with Gasteiger partial charge in [-0.15, -0.1) is 0 Å². The lowest BCUT2D eigenvalue weighted by molar-refractivity contribution is 0.413. The first-order chi connectivity index (χ1) is 9.42. The Morgan fingerprint density at radius 2 is 1.85 bits per heavy atom. The van der Waals surface area contributed by atoms with Gasteiger partial charge in [0.1, 0.15) is 11.6 Å². The highest BCUT2D eigenvalue weighted by molar-refractivity contribution is 9.10. The van der Waals surface area contributed by atoms with Crippen LogP contribution in [0.4, 0.5) is 19.0 Å². The second-order valence-corrected chi connectivity index (χ2v) is 4.81. The van der Waals surface area contributed by atoms with Crippen molar-refractivity contribution in [2.75, 3.05) is 5.43 Å². The molecule has 20 heavy (non-hydrogen) atoms. The Kier molecular flexibility index (Phi) is 4.36. The van der Waals surface area contributed by atoms with Gasteiger partial charge in [0.05, 0.1) is 9.50 Å².